The zero-order valence-electron chi connectivity index (χ0n) is 10.6. The van der Waals surface area contributed by atoms with Crippen LogP contribution < -0.4 is 5.32 Å². The number of rotatable bonds is 2. The van der Waals surface area contributed by atoms with Gasteiger partial charge in [0.2, 0.25) is 5.82 Å². The third-order valence-electron chi connectivity index (χ3n) is 3.43. The first-order valence-corrected chi connectivity index (χ1v) is 6.69. The van der Waals surface area contributed by atoms with Crippen molar-refractivity contribution in [1.29, 1.82) is 0 Å². The molecule has 0 saturated carbocycles. The Morgan fingerprint density at radius 2 is 2.10 bits per heavy atom. The summed E-state index contributed by atoms with van der Waals surface area (Å²) in [7, 11) is 0. The summed E-state index contributed by atoms with van der Waals surface area (Å²) in [6, 6.07) is 4.19. The monoisotopic (exact) mass is 297 g/mol. The number of nitrogens with one attached hydrogen (secondary N) is 1. The van der Waals surface area contributed by atoms with E-state index in [0.717, 1.165) is 0 Å². The van der Waals surface area contributed by atoms with Crippen LogP contribution in [0, 0.1) is 5.82 Å². The first-order chi connectivity index (χ1) is 9.58. The quantitative estimate of drug-likeness (QED) is 0.888. The van der Waals surface area contributed by atoms with Crippen LogP contribution in [0.3, 0.4) is 0 Å². The summed E-state index contributed by atoms with van der Waals surface area (Å²) in [5, 5.41) is 17.5. The summed E-state index contributed by atoms with van der Waals surface area (Å²) in [5.41, 5.74) is -0.552. The zero-order chi connectivity index (χ0) is 14.2. The summed E-state index contributed by atoms with van der Waals surface area (Å²) in [6.07, 6.45) is 1.03. The number of benzene rings is 1. The first kappa shape index (κ1) is 13.5. The minimum absolute atomic E-state index is 0.00516. The molecule has 1 aromatic carbocycles. The van der Waals surface area contributed by atoms with Crippen molar-refractivity contribution in [3.05, 3.63) is 34.9 Å². The second kappa shape index (κ2) is 5.12. The SMILES string of the molecule is OC1(c2nc(-c3ccc(F)c(Cl)c3)no2)CCNCC1. The van der Waals surface area contributed by atoms with Crippen molar-refractivity contribution in [1.82, 2.24) is 15.5 Å². The molecule has 1 fully saturated rings. The molecule has 7 heteroatoms. The van der Waals surface area contributed by atoms with E-state index >= 15 is 0 Å². The average Bonchev–Trinajstić information content (AvgIpc) is 2.93. The van der Waals surface area contributed by atoms with Crippen molar-refractivity contribution < 1.29 is 14.0 Å². The first-order valence-electron chi connectivity index (χ1n) is 6.31. The summed E-state index contributed by atoms with van der Waals surface area (Å²) in [5.74, 6) is -0.0283. The smallest absolute Gasteiger partial charge is 0.259 e. The van der Waals surface area contributed by atoms with Gasteiger partial charge in [0, 0.05) is 5.56 Å². The zero-order valence-corrected chi connectivity index (χ0v) is 11.3. The Labute approximate surface area is 119 Å². The molecule has 0 atom stereocenters. The van der Waals surface area contributed by atoms with Gasteiger partial charge in [-0.1, -0.05) is 16.8 Å². The Kier molecular flexibility index (Phi) is 3.45. The van der Waals surface area contributed by atoms with Crippen molar-refractivity contribution in [3.63, 3.8) is 0 Å². The minimum atomic E-state index is -1.10. The molecule has 1 aromatic heterocycles. The van der Waals surface area contributed by atoms with Gasteiger partial charge in [0.15, 0.2) is 0 Å². The van der Waals surface area contributed by atoms with Gasteiger partial charge in [-0.15, -0.1) is 0 Å². The van der Waals surface area contributed by atoms with Crippen LogP contribution in [0.25, 0.3) is 11.4 Å². The molecule has 2 heterocycles. The van der Waals surface area contributed by atoms with E-state index in [0.29, 0.717) is 31.5 Å². The average molecular weight is 298 g/mol. The summed E-state index contributed by atoms with van der Waals surface area (Å²) < 4.78 is 18.3. The Morgan fingerprint density at radius 3 is 2.80 bits per heavy atom. The number of halogens is 2. The maximum absolute atomic E-state index is 13.1. The van der Waals surface area contributed by atoms with E-state index in [9.17, 15) is 9.50 Å². The number of piperidine rings is 1. The van der Waals surface area contributed by atoms with Crippen LogP contribution >= 0.6 is 11.6 Å². The highest BCUT2D eigenvalue weighted by atomic mass is 35.5. The molecular weight excluding hydrogens is 285 g/mol. The number of aromatic nitrogens is 2. The Morgan fingerprint density at radius 1 is 1.35 bits per heavy atom. The summed E-state index contributed by atoms with van der Waals surface area (Å²) in [4.78, 5) is 4.21. The van der Waals surface area contributed by atoms with Gasteiger partial charge in [-0.25, -0.2) is 4.39 Å². The summed E-state index contributed by atoms with van der Waals surface area (Å²) >= 11 is 5.73. The third-order valence-corrected chi connectivity index (χ3v) is 3.72. The van der Waals surface area contributed by atoms with E-state index < -0.39 is 11.4 Å². The molecule has 2 N–H and O–H groups in total. The molecule has 5 nitrogen and oxygen atoms in total. The molecule has 0 aliphatic carbocycles. The van der Waals surface area contributed by atoms with Crippen LogP contribution in [0.15, 0.2) is 22.7 Å². The lowest BCUT2D eigenvalue weighted by Gasteiger charge is -2.28. The Bertz CT molecular complexity index is 626. The third kappa shape index (κ3) is 2.42. The molecule has 1 saturated heterocycles. The Balaban J connectivity index is 1.91. The maximum atomic E-state index is 13.1. The van der Waals surface area contributed by atoms with Gasteiger partial charge in [-0.2, -0.15) is 4.98 Å². The van der Waals surface area contributed by atoms with Crippen molar-refractivity contribution in [2.45, 2.75) is 18.4 Å². The van der Waals surface area contributed by atoms with Crippen molar-refractivity contribution in [2.75, 3.05) is 13.1 Å². The molecule has 106 valence electrons. The van der Waals surface area contributed by atoms with Crippen LogP contribution in [-0.2, 0) is 5.60 Å². The lowest BCUT2D eigenvalue weighted by atomic mass is 9.92. The molecule has 0 radical (unpaired) electrons. The topological polar surface area (TPSA) is 71.2 Å². The van der Waals surface area contributed by atoms with E-state index in [1.807, 2.05) is 0 Å². The fourth-order valence-corrected chi connectivity index (χ4v) is 2.40. The molecule has 1 aliphatic rings. The van der Waals surface area contributed by atoms with Crippen molar-refractivity contribution in [3.8, 4) is 11.4 Å². The lowest BCUT2D eigenvalue weighted by molar-refractivity contribution is -0.0228. The van der Waals surface area contributed by atoms with Gasteiger partial charge in [-0.05, 0) is 44.1 Å². The van der Waals surface area contributed by atoms with E-state index in [-0.39, 0.29) is 16.7 Å². The summed E-state index contributed by atoms with van der Waals surface area (Å²) in [6.45, 7) is 1.38. The largest absolute Gasteiger partial charge is 0.380 e. The van der Waals surface area contributed by atoms with Crippen LogP contribution in [0.5, 0.6) is 0 Å². The van der Waals surface area contributed by atoms with Crippen molar-refractivity contribution in [2.24, 2.45) is 0 Å². The highest BCUT2D eigenvalue weighted by Crippen LogP contribution is 2.31. The van der Waals surface area contributed by atoms with E-state index in [1.54, 1.807) is 0 Å². The molecule has 0 unspecified atom stereocenters. The predicted molar refractivity (Wildman–Crippen MR) is 70.7 cm³/mol. The molecule has 2 aromatic rings. The highest BCUT2D eigenvalue weighted by molar-refractivity contribution is 6.31. The molecule has 20 heavy (non-hydrogen) atoms. The van der Waals surface area contributed by atoms with E-state index in [2.05, 4.69) is 15.5 Å². The van der Waals surface area contributed by atoms with Crippen LogP contribution in [0.1, 0.15) is 18.7 Å². The molecule has 0 spiro atoms. The van der Waals surface area contributed by atoms with Crippen LogP contribution in [-0.4, -0.2) is 28.3 Å². The van der Waals surface area contributed by atoms with Gasteiger partial charge in [-0.3, -0.25) is 0 Å². The molecular formula is C13H13ClFN3O2. The molecule has 0 amide bonds. The van der Waals surface area contributed by atoms with E-state index in [1.165, 1.54) is 18.2 Å². The van der Waals surface area contributed by atoms with Gasteiger partial charge in [0.1, 0.15) is 11.4 Å². The minimum Gasteiger partial charge on any atom is -0.380 e. The molecule has 3 rings (SSSR count). The number of aliphatic hydroxyl groups is 1. The lowest BCUT2D eigenvalue weighted by Crippen LogP contribution is -2.39. The van der Waals surface area contributed by atoms with Gasteiger partial charge in [0.25, 0.3) is 5.89 Å². The normalized spacial score (nSPS) is 18.1. The second-order valence-corrected chi connectivity index (χ2v) is 5.24. The fourth-order valence-electron chi connectivity index (χ4n) is 2.22. The highest BCUT2D eigenvalue weighted by Gasteiger charge is 2.37. The van der Waals surface area contributed by atoms with Crippen molar-refractivity contribution >= 4 is 11.6 Å². The maximum Gasteiger partial charge on any atom is 0.259 e. The number of hydrogen-bond donors (Lipinski definition) is 2. The van der Waals surface area contributed by atoms with Crippen LogP contribution in [0.2, 0.25) is 5.02 Å². The van der Waals surface area contributed by atoms with Crippen LogP contribution in [0.4, 0.5) is 4.39 Å². The number of nitrogens with zero attached hydrogens (tertiary/aromatic N) is 2. The fraction of sp³-hybridized carbons (Fsp3) is 0.385. The number of hydrogen-bond acceptors (Lipinski definition) is 5. The predicted octanol–water partition coefficient (Wildman–Crippen LogP) is 2.10. The van der Waals surface area contributed by atoms with Gasteiger partial charge < -0.3 is 14.9 Å². The standard InChI is InChI=1S/C13H13ClFN3O2/c14-9-7-8(1-2-10(9)15)11-17-12(20-18-11)13(19)3-5-16-6-4-13/h1-2,7,16,19H,3-6H2. The van der Waals surface area contributed by atoms with E-state index in [4.69, 9.17) is 16.1 Å². The Hall–Kier alpha value is -1.50. The molecule has 1 aliphatic heterocycles. The second-order valence-electron chi connectivity index (χ2n) is 4.83. The molecule has 0 bridgehead atoms. The van der Waals surface area contributed by atoms with Gasteiger partial charge >= 0.3 is 0 Å². The van der Waals surface area contributed by atoms with Gasteiger partial charge in [0.05, 0.1) is 5.02 Å².